The molecular weight excluding hydrogens is 288 g/mol. The number of halogens is 1. The largest absolute Gasteiger partial charge is 0.321 e. The van der Waals surface area contributed by atoms with Gasteiger partial charge in [0.25, 0.3) is 0 Å². The Bertz CT molecular complexity index is 731. The fourth-order valence-electron chi connectivity index (χ4n) is 2.44. The summed E-state index contributed by atoms with van der Waals surface area (Å²) in [6, 6.07) is 7.45. The van der Waals surface area contributed by atoms with Crippen LogP contribution < -0.4 is 5.32 Å². The average Bonchev–Trinajstić information content (AvgIpc) is 2.67. The van der Waals surface area contributed by atoms with Gasteiger partial charge in [-0.1, -0.05) is 23.7 Å². The number of benzene rings is 1. The number of rotatable bonds is 2. The Hall–Kier alpha value is -2.14. The zero-order valence-corrected chi connectivity index (χ0v) is 12.6. The molecule has 0 atom stereocenters. The van der Waals surface area contributed by atoms with Crippen molar-refractivity contribution >= 4 is 28.9 Å². The van der Waals surface area contributed by atoms with Crippen molar-refractivity contribution in [3.05, 3.63) is 46.2 Å². The minimum absolute atomic E-state index is 0.107. The number of fused-ring (bicyclic) bond motifs is 1. The standard InChI is InChI=1S/C15H15ClN4O/c1-3-20-15-13(9(2)19-20)18-12(21)8-17-14(15)10-4-6-11(16)7-5-10/h4-7H,3,8H2,1-2H3,(H,18,21). The second-order valence-electron chi connectivity index (χ2n) is 4.84. The number of amides is 1. The van der Waals surface area contributed by atoms with Crippen LogP contribution in [0.5, 0.6) is 0 Å². The van der Waals surface area contributed by atoms with Gasteiger partial charge in [-0.15, -0.1) is 0 Å². The fourth-order valence-corrected chi connectivity index (χ4v) is 2.57. The first-order valence-corrected chi connectivity index (χ1v) is 7.16. The van der Waals surface area contributed by atoms with Crippen LogP contribution in [0.1, 0.15) is 23.9 Å². The van der Waals surface area contributed by atoms with Crippen LogP contribution in [0, 0.1) is 6.92 Å². The Balaban J connectivity index is 2.21. The Morgan fingerprint density at radius 3 is 2.71 bits per heavy atom. The summed E-state index contributed by atoms with van der Waals surface area (Å²) in [4.78, 5) is 16.3. The summed E-state index contributed by atoms with van der Waals surface area (Å²) in [5.41, 5.74) is 4.08. The highest BCUT2D eigenvalue weighted by atomic mass is 35.5. The Morgan fingerprint density at radius 1 is 1.33 bits per heavy atom. The van der Waals surface area contributed by atoms with Gasteiger partial charge in [-0.25, -0.2) is 0 Å². The van der Waals surface area contributed by atoms with Crippen LogP contribution in [0.15, 0.2) is 29.3 Å². The predicted octanol–water partition coefficient (Wildman–Crippen LogP) is 2.65. The van der Waals surface area contributed by atoms with Crippen molar-refractivity contribution in [2.45, 2.75) is 20.4 Å². The van der Waals surface area contributed by atoms with Gasteiger partial charge in [-0.2, -0.15) is 5.10 Å². The van der Waals surface area contributed by atoms with E-state index in [0.717, 1.165) is 28.4 Å². The van der Waals surface area contributed by atoms with Crippen molar-refractivity contribution in [2.75, 3.05) is 11.9 Å². The van der Waals surface area contributed by atoms with Gasteiger partial charge in [0.05, 0.1) is 17.1 Å². The zero-order valence-electron chi connectivity index (χ0n) is 11.9. The normalized spacial score (nSPS) is 14.2. The van der Waals surface area contributed by atoms with Gasteiger partial charge < -0.3 is 5.32 Å². The molecule has 0 fully saturated rings. The molecule has 3 rings (SSSR count). The molecule has 1 aliphatic heterocycles. The number of carbonyl (C=O) groups is 1. The molecule has 108 valence electrons. The van der Waals surface area contributed by atoms with E-state index in [1.807, 2.05) is 42.8 Å². The first kappa shape index (κ1) is 13.8. The SMILES string of the molecule is CCn1nc(C)c2c1C(c1ccc(Cl)cc1)=NCC(=O)N2. The number of carbonyl (C=O) groups excluding carboxylic acids is 1. The van der Waals surface area contributed by atoms with Crippen molar-refractivity contribution in [3.63, 3.8) is 0 Å². The van der Waals surface area contributed by atoms with Crippen molar-refractivity contribution in [2.24, 2.45) is 4.99 Å². The Kier molecular flexibility index (Phi) is 3.51. The zero-order chi connectivity index (χ0) is 15.0. The summed E-state index contributed by atoms with van der Waals surface area (Å²) in [6.45, 7) is 4.71. The van der Waals surface area contributed by atoms with Crippen molar-refractivity contribution < 1.29 is 4.79 Å². The molecule has 5 nitrogen and oxygen atoms in total. The van der Waals surface area contributed by atoms with E-state index in [2.05, 4.69) is 15.4 Å². The molecule has 2 heterocycles. The number of anilines is 1. The van der Waals surface area contributed by atoms with Gasteiger partial charge in [0.1, 0.15) is 12.2 Å². The van der Waals surface area contributed by atoms with Crippen molar-refractivity contribution in [1.29, 1.82) is 0 Å². The van der Waals surface area contributed by atoms with E-state index in [1.165, 1.54) is 0 Å². The summed E-state index contributed by atoms with van der Waals surface area (Å²) in [5.74, 6) is -0.126. The van der Waals surface area contributed by atoms with Crippen LogP contribution in [-0.4, -0.2) is 27.9 Å². The quantitative estimate of drug-likeness (QED) is 0.927. The van der Waals surface area contributed by atoms with Gasteiger partial charge in [0.2, 0.25) is 5.91 Å². The van der Waals surface area contributed by atoms with Crippen LogP contribution in [0.2, 0.25) is 5.02 Å². The number of hydrogen-bond acceptors (Lipinski definition) is 3. The monoisotopic (exact) mass is 302 g/mol. The summed E-state index contributed by atoms with van der Waals surface area (Å²) in [7, 11) is 0. The van der Waals surface area contributed by atoms with Gasteiger partial charge in [0, 0.05) is 17.1 Å². The predicted molar refractivity (Wildman–Crippen MR) is 83.2 cm³/mol. The summed E-state index contributed by atoms with van der Waals surface area (Å²) >= 11 is 5.95. The highest BCUT2D eigenvalue weighted by molar-refractivity contribution is 6.30. The molecule has 1 aromatic heterocycles. The molecular formula is C15H15ClN4O. The van der Waals surface area contributed by atoms with Crippen LogP contribution in [0.4, 0.5) is 5.69 Å². The third kappa shape index (κ3) is 2.45. The second-order valence-corrected chi connectivity index (χ2v) is 5.28. The van der Waals surface area contributed by atoms with E-state index in [1.54, 1.807) is 0 Å². The maximum atomic E-state index is 11.9. The second kappa shape index (κ2) is 5.33. The van der Waals surface area contributed by atoms with Gasteiger partial charge in [0.15, 0.2) is 0 Å². The molecule has 1 N–H and O–H groups in total. The molecule has 0 saturated heterocycles. The number of aliphatic imine (C=N–C) groups is 1. The lowest BCUT2D eigenvalue weighted by Gasteiger charge is -2.09. The number of aryl methyl sites for hydroxylation is 2. The van der Waals surface area contributed by atoms with E-state index < -0.39 is 0 Å². The molecule has 0 saturated carbocycles. The number of hydrogen-bond donors (Lipinski definition) is 1. The number of aromatic nitrogens is 2. The lowest BCUT2D eigenvalue weighted by Crippen LogP contribution is -2.13. The molecule has 0 unspecified atom stereocenters. The van der Waals surface area contributed by atoms with E-state index in [0.29, 0.717) is 11.6 Å². The molecule has 1 amide bonds. The molecule has 0 radical (unpaired) electrons. The first-order valence-electron chi connectivity index (χ1n) is 6.78. The summed E-state index contributed by atoms with van der Waals surface area (Å²) in [5, 5.41) is 8.04. The molecule has 6 heteroatoms. The molecule has 2 aromatic rings. The maximum absolute atomic E-state index is 11.9. The molecule has 0 spiro atoms. The van der Waals surface area contributed by atoms with Crippen LogP contribution in [-0.2, 0) is 11.3 Å². The van der Waals surface area contributed by atoms with Crippen LogP contribution >= 0.6 is 11.6 Å². The van der Waals surface area contributed by atoms with Crippen molar-refractivity contribution in [1.82, 2.24) is 9.78 Å². The lowest BCUT2D eigenvalue weighted by atomic mass is 10.1. The van der Waals surface area contributed by atoms with E-state index in [4.69, 9.17) is 11.6 Å². The van der Waals surface area contributed by atoms with E-state index in [9.17, 15) is 4.79 Å². The summed E-state index contributed by atoms with van der Waals surface area (Å²) in [6.07, 6.45) is 0. The number of nitrogens with one attached hydrogen (secondary N) is 1. The van der Waals surface area contributed by atoms with E-state index >= 15 is 0 Å². The van der Waals surface area contributed by atoms with Crippen LogP contribution in [0.25, 0.3) is 0 Å². The Morgan fingerprint density at radius 2 is 2.05 bits per heavy atom. The molecule has 1 aromatic carbocycles. The lowest BCUT2D eigenvalue weighted by molar-refractivity contribution is -0.114. The fraction of sp³-hybridized carbons (Fsp3) is 0.267. The maximum Gasteiger partial charge on any atom is 0.246 e. The molecule has 0 aliphatic carbocycles. The van der Waals surface area contributed by atoms with Gasteiger partial charge in [-0.05, 0) is 26.0 Å². The first-order chi connectivity index (χ1) is 10.1. The minimum Gasteiger partial charge on any atom is -0.321 e. The topological polar surface area (TPSA) is 59.3 Å². The average molecular weight is 303 g/mol. The highest BCUT2D eigenvalue weighted by Crippen LogP contribution is 2.26. The van der Waals surface area contributed by atoms with Crippen LogP contribution in [0.3, 0.4) is 0 Å². The van der Waals surface area contributed by atoms with Gasteiger partial charge in [-0.3, -0.25) is 14.5 Å². The number of nitrogens with zero attached hydrogens (tertiary/aromatic N) is 3. The minimum atomic E-state index is -0.126. The third-order valence-corrected chi connectivity index (χ3v) is 3.67. The molecule has 1 aliphatic rings. The molecule has 0 bridgehead atoms. The van der Waals surface area contributed by atoms with Crippen molar-refractivity contribution in [3.8, 4) is 0 Å². The van der Waals surface area contributed by atoms with E-state index in [-0.39, 0.29) is 12.5 Å². The van der Waals surface area contributed by atoms with Gasteiger partial charge >= 0.3 is 0 Å². The highest BCUT2D eigenvalue weighted by Gasteiger charge is 2.24. The third-order valence-electron chi connectivity index (χ3n) is 3.41. The smallest absolute Gasteiger partial charge is 0.246 e. The Labute approximate surface area is 127 Å². The molecule has 21 heavy (non-hydrogen) atoms. The summed E-state index contributed by atoms with van der Waals surface area (Å²) < 4.78 is 1.86.